The Bertz CT molecular complexity index is 956. The maximum Gasteiger partial charge on any atom is 0.327 e. The zero-order valence-corrected chi connectivity index (χ0v) is 16.1. The number of carbonyl (C=O) groups excluding carboxylic acids is 1. The summed E-state index contributed by atoms with van der Waals surface area (Å²) in [4.78, 5) is 22.5. The number of para-hydroxylation sites is 1. The van der Waals surface area contributed by atoms with Gasteiger partial charge in [-0.2, -0.15) is 0 Å². The number of carbonyl (C=O) groups is 1. The zero-order valence-electron chi connectivity index (χ0n) is 15.3. The summed E-state index contributed by atoms with van der Waals surface area (Å²) < 4.78 is 0. The van der Waals surface area contributed by atoms with Gasteiger partial charge < -0.3 is 10.6 Å². The van der Waals surface area contributed by atoms with Crippen LogP contribution in [0.2, 0.25) is 5.02 Å². The highest BCUT2D eigenvalue weighted by Gasteiger charge is 2.15. The minimum atomic E-state index is -0.278. The largest absolute Gasteiger partial charge is 0.340 e. The highest BCUT2D eigenvalue weighted by molar-refractivity contribution is 6.30. The van der Waals surface area contributed by atoms with Gasteiger partial charge in [-0.15, -0.1) is 0 Å². The molecule has 0 aliphatic rings. The van der Waals surface area contributed by atoms with Gasteiger partial charge in [-0.05, 0) is 43.2 Å². The average Bonchev–Trinajstić information content (AvgIpc) is 2.64. The highest BCUT2D eigenvalue weighted by atomic mass is 35.5. The molecule has 0 unspecified atom stereocenters. The summed E-state index contributed by atoms with van der Waals surface area (Å²) in [6, 6.07) is 14.6. The Labute approximate surface area is 163 Å². The normalized spacial score (nSPS) is 10.4. The van der Waals surface area contributed by atoms with Gasteiger partial charge >= 0.3 is 6.03 Å². The molecule has 27 heavy (non-hydrogen) atoms. The van der Waals surface area contributed by atoms with E-state index < -0.39 is 0 Å². The molecule has 1 aromatic heterocycles. The molecule has 3 rings (SSSR count). The van der Waals surface area contributed by atoms with Crippen molar-refractivity contribution in [1.82, 2.24) is 9.97 Å². The van der Waals surface area contributed by atoms with Gasteiger partial charge in [0.25, 0.3) is 0 Å². The molecule has 0 spiro atoms. The fourth-order valence-corrected chi connectivity index (χ4v) is 2.81. The Hall–Kier alpha value is -3.12. The third-order valence-electron chi connectivity index (χ3n) is 4.11. The van der Waals surface area contributed by atoms with E-state index in [1.807, 2.05) is 44.2 Å². The maximum atomic E-state index is 12.6. The van der Waals surface area contributed by atoms with E-state index in [4.69, 9.17) is 11.6 Å². The van der Waals surface area contributed by atoms with Crippen molar-refractivity contribution in [2.75, 3.05) is 22.6 Å². The monoisotopic (exact) mass is 381 g/mol. The summed E-state index contributed by atoms with van der Waals surface area (Å²) >= 11 is 6.00. The van der Waals surface area contributed by atoms with E-state index >= 15 is 0 Å². The molecule has 0 saturated carbocycles. The Morgan fingerprint density at radius 2 is 1.74 bits per heavy atom. The minimum Gasteiger partial charge on any atom is -0.340 e. The van der Waals surface area contributed by atoms with E-state index in [2.05, 4.69) is 20.6 Å². The van der Waals surface area contributed by atoms with E-state index in [1.165, 1.54) is 11.2 Å². The fourth-order valence-electron chi connectivity index (χ4n) is 2.62. The van der Waals surface area contributed by atoms with Crippen LogP contribution in [0.15, 0.2) is 54.9 Å². The lowest BCUT2D eigenvalue weighted by Crippen LogP contribution is -2.32. The first-order valence-electron chi connectivity index (χ1n) is 8.39. The number of rotatable bonds is 4. The van der Waals surface area contributed by atoms with E-state index in [1.54, 1.807) is 25.2 Å². The number of hydrogen-bond donors (Lipinski definition) is 2. The van der Waals surface area contributed by atoms with Crippen molar-refractivity contribution in [3.05, 3.63) is 71.0 Å². The van der Waals surface area contributed by atoms with Crippen LogP contribution < -0.4 is 15.5 Å². The molecule has 2 aromatic carbocycles. The number of aryl methyl sites for hydroxylation is 2. The van der Waals surface area contributed by atoms with Gasteiger partial charge in [-0.25, -0.2) is 14.8 Å². The smallest absolute Gasteiger partial charge is 0.327 e. The quantitative estimate of drug-likeness (QED) is 0.655. The molecule has 0 aliphatic heterocycles. The number of nitrogens with one attached hydrogen (secondary N) is 2. The summed E-state index contributed by atoms with van der Waals surface area (Å²) in [6.45, 7) is 3.92. The van der Waals surface area contributed by atoms with Crippen LogP contribution in [0.25, 0.3) is 0 Å². The number of halogens is 1. The zero-order chi connectivity index (χ0) is 19.4. The van der Waals surface area contributed by atoms with Crippen molar-refractivity contribution in [1.29, 1.82) is 0 Å². The predicted molar refractivity (Wildman–Crippen MR) is 110 cm³/mol. The van der Waals surface area contributed by atoms with E-state index in [0.29, 0.717) is 16.7 Å². The lowest BCUT2D eigenvalue weighted by atomic mass is 10.1. The SMILES string of the molecule is Cc1cccc(C)c1NC(=O)N(C)c1cc(Nc2cccc(Cl)c2)ncn1. The van der Waals surface area contributed by atoms with Crippen LogP contribution in [-0.2, 0) is 0 Å². The number of aromatic nitrogens is 2. The number of hydrogen-bond acceptors (Lipinski definition) is 4. The molecule has 0 atom stereocenters. The van der Waals surface area contributed by atoms with Gasteiger partial charge in [0.05, 0.1) is 0 Å². The summed E-state index contributed by atoms with van der Waals surface area (Å²) in [5.74, 6) is 1.03. The second-order valence-corrected chi connectivity index (χ2v) is 6.59. The average molecular weight is 382 g/mol. The third-order valence-corrected chi connectivity index (χ3v) is 4.35. The minimum absolute atomic E-state index is 0.278. The molecule has 0 aliphatic carbocycles. The van der Waals surface area contributed by atoms with Crippen molar-refractivity contribution >= 4 is 40.6 Å². The molecule has 0 saturated heterocycles. The molecule has 3 aromatic rings. The molecule has 1 heterocycles. The van der Waals surface area contributed by atoms with Crippen molar-refractivity contribution in [2.45, 2.75) is 13.8 Å². The number of anilines is 4. The van der Waals surface area contributed by atoms with Gasteiger partial charge in [0.1, 0.15) is 18.0 Å². The first kappa shape index (κ1) is 18.7. The standard InChI is InChI=1S/C20H20ClN5O/c1-13-6-4-7-14(2)19(13)25-20(27)26(3)18-11-17(22-12-23-18)24-16-9-5-8-15(21)10-16/h4-12H,1-3H3,(H,25,27)(H,22,23,24). The van der Waals surface area contributed by atoms with Crippen LogP contribution in [0, 0.1) is 13.8 Å². The van der Waals surface area contributed by atoms with Gasteiger partial charge in [0.15, 0.2) is 0 Å². The van der Waals surface area contributed by atoms with Crippen LogP contribution in [-0.4, -0.2) is 23.0 Å². The Morgan fingerprint density at radius 3 is 2.44 bits per heavy atom. The summed E-state index contributed by atoms with van der Waals surface area (Å²) in [5.41, 5.74) is 3.61. The van der Waals surface area contributed by atoms with Gasteiger partial charge in [-0.3, -0.25) is 4.90 Å². The van der Waals surface area contributed by atoms with Crippen LogP contribution in [0.3, 0.4) is 0 Å². The van der Waals surface area contributed by atoms with Crippen LogP contribution in [0.4, 0.5) is 27.8 Å². The number of urea groups is 1. The van der Waals surface area contributed by atoms with Crippen LogP contribution in [0.1, 0.15) is 11.1 Å². The Balaban J connectivity index is 1.76. The molecular weight excluding hydrogens is 362 g/mol. The lowest BCUT2D eigenvalue weighted by Gasteiger charge is -2.19. The van der Waals surface area contributed by atoms with Crippen LogP contribution >= 0.6 is 11.6 Å². The number of benzene rings is 2. The molecule has 2 N–H and O–H groups in total. The van der Waals surface area contributed by atoms with Gasteiger partial charge in [0.2, 0.25) is 0 Å². The van der Waals surface area contributed by atoms with Crippen molar-refractivity contribution in [2.24, 2.45) is 0 Å². The first-order valence-corrected chi connectivity index (χ1v) is 8.77. The Morgan fingerprint density at radius 1 is 1.04 bits per heavy atom. The van der Waals surface area contributed by atoms with Gasteiger partial charge in [0, 0.05) is 29.5 Å². The first-order chi connectivity index (χ1) is 12.9. The molecule has 7 heteroatoms. The van der Waals surface area contributed by atoms with Crippen molar-refractivity contribution in [3.63, 3.8) is 0 Å². The lowest BCUT2D eigenvalue weighted by molar-refractivity contribution is 0.258. The fraction of sp³-hybridized carbons (Fsp3) is 0.150. The van der Waals surface area contributed by atoms with Gasteiger partial charge in [-0.1, -0.05) is 35.9 Å². The van der Waals surface area contributed by atoms with E-state index in [-0.39, 0.29) is 6.03 Å². The highest BCUT2D eigenvalue weighted by Crippen LogP contribution is 2.23. The molecule has 0 radical (unpaired) electrons. The van der Waals surface area contributed by atoms with E-state index in [0.717, 1.165) is 22.5 Å². The molecule has 0 fully saturated rings. The predicted octanol–water partition coefficient (Wildman–Crippen LogP) is 5.16. The second-order valence-electron chi connectivity index (χ2n) is 6.15. The molecule has 6 nitrogen and oxygen atoms in total. The van der Waals surface area contributed by atoms with Crippen LogP contribution in [0.5, 0.6) is 0 Å². The van der Waals surface area contributed by atoms with Crippen molar-refractivity contribution in [3.8, 4) is 0 Å². The summed E-state index contributed by atoms with van der Waals surface area (Å²) in [6.07, 6.45) is 1.41. The molecular formula is C20H20ClN5O. The summed E-state index contributed by atoms with van der Waals surface area (Å²) in [5, 5.41) is 6.72. The number of nitrogens with zero attached hydrogens (tertiary/aromatic N) is 3. The molecule has 138 valence electrons. The Kier molecular flexibility index (Phi) is 5.57. The topological polar surface area (TPSA) is 70.2 Å². The number of amides is 2. The summed E-state index contributed by atoms with van der Waals surface area (Å²) in [7, 11) is 1.66. The van der Waals surface area contributed by atoms with Crippen molar-refractivity contribution < 1.29 is 4.79 Å². The third kappa shape index (κ3) is 4.54. The molecule has 0 bridgehead atoms. The maximum absolute atomic E-state index is 12.6. The second kappa shape index (κ2) is 8.05. The molecule has 2 amide bonds. The van der Waals surface area contributed by atoms with E-state index in [9.17, 15) is 4.79 Å².